The third-order valence-corrected chi connectivity index (χ3v) is 8.98. The van der Waals surface area contributed by atoms with Crippen LogP contribution in [0.4, 0.5) is 0 Å². The fourth-order valence-electron chi connectivity index (χ4n) is 7.37. The third-order valence-electron chi connectivity index (χ3n) is 8.98. The standard InChI is InChI=1S/C21H34O/c1-13-9-10-20(3)15(11-13)6-7-16-17-8-5-14(2)21(17,4)19(22)12-18(16)20/h13,15-19,22H,2,5-12H2,1,3-4H3/t13-,15-,16+,17+,18?,19?,20+,21-/m1/s1. The Bertz CT molecular complexity index is 482. The summed E-state index contributed by atoms with van der Waals surface area (Å²) < 4.78 is 0. The summed E-state index contributed by atoms with van der Waals surface area (Å²) >= 11 is 0. The maximum Gasteiger partial charge on any atom is 0.0636 e. The maximum absolute atomic E-state index is 11.0. The first kappa shape index (κ1) is 15.2. The van der Waals surface area contributed by atoms with E-state index in [4.69, 9.17) is 0 Å². The van der Waals surface area contributed by atoms with E-state index < -0.39 is 0 Å². The topological polar surface area (TPSA) is 20.2 Å². The number of hydrogen-bond acceptors (Lipinski definition) is 1. The molecule has 124 valence electrons. The van der Waals surface area contributed by atoms with Gasteiger partial charge in [-0.1, -0.05) is 39.3 Å². The van der Waals surface area contributed by atoms with Gasteiger partial charge in [0.15, 0.2) is 0 Å². The van der Waals surface area contributed by atoms with Crippen molar-refractivity contribution < 1.29 is 5.11 Å². The lowest BCUT2D eigenvalue weighted by molar-refractivity contribution is -0.147. The molecule has 4 rings (SSSR count). The Balaban J connectivity index is 1.68. The first-order valence-electron chi connectivity index (χ1n) is 9.73. The Hall–Kier alpha value is -0.300. The molecule has 4 aliphatic carbocycles. The molecule has 8 atom stereocenters. The van der Waals surface area contributed by atoms with Gasteiger partial charge in [0, 0.05) is 5.41 Å². The molecule has 1 nitrogen and oxygen atoms in total. The molecule has 22 heavy (non-hydrogen) atoms. The van der Waals surface area contributed by atoms with Crippen molar-refractivity contribution in [3.63, 3.8) is 0 Å². The van der Waals surface area contributed by atoms with Gasteiger partial charge in [0.25, 0.3) is 0 Å². The van der Waals surface area contributed by atoms with Crippen LogP contribution in [0.15, 0.2) is 12.2 Å². The second-order valence-corrected chi connectivity index (χ2v) is 9.71. The van der Waals surface area contributed by atoms with Crippen LogP contribution in [0, 0.1) is 40.4 Å². The molecule has 0 aromatic carbocycles. The molecule has 4 aliphatic rings. The van der Waals surface area contributed by atoms with Crippen molar-refractivity contribution in [3.05, 3.63) is 12.2 Å². The molecular weight excluding hydrogens is 268 g/mol. The zero-order valence-corrected chi connectivity index (χ0v) is 14.8. The van der Waals surface area contributed by atoms with Crippen molar-refractivity contribution in [1.82, 2.24) is 0 Å². The number of aliphatic hydroxyl groups is 1. The summed E-state index contributed by atoms with van der Waals surface area (Å²) in [6, 6.07) is 0. The highest BCUT2D eigenvalue weighted by molar-refractivity contribution is 5.24. The first-order chi connectivity index (χ1) is 10.4. The summed E-state index contributed by atoms with van der Waals surface area (Å²) in [5.41, 5.74) is 1.86. The summed E-state index contributed by atoms with van der Waals surface area (Å²) in [4.78, 5) is 0. The van der Waals surface area contributed by atoms with Gasteiger partial charge in [-0.2, -0.15) is 0 Å². The van der Waals surface area contributed by atoms with Crippen molar-refractivity contribution >= 4 is 0 Å². The number of fused-ring (bicyclic) bond motifs is 5. The van der Waals surface area contributed by atoms with Gasteiger partial charge in [0.2, 0.25) is 0 Å². The highest BCUT2D eigenvalue weighted by Gasteiger charge is 2.61. The summed E-state index contributed by atoms with van der Waals surface area (Å²) in [6.07, 6.45) is 10.4. The van der Waals surface area contributed by atoms with Gasteiger partial charge in [0.1, 0.15) is 0 Å². The van der Waals surface area contributed by atoms with Gasteiger partial charge in [-0.3, -0.25) is 0 Å². The van der Waals surface area contributed by atoms with E-state index >= 15 is 0 Å². The number of aliphatic hydroxyl groups excluding tert-OH is 1. The van der Waals surface area contributed by atoms with Crippen molar-refractivity contribution in [2.45, 2.75) is 78.2 Å². The molecule has 0 heterocycles. The molecule has 0 radical (unpaired) electrons. The number of rotatable bonds is 0. The monoisotopic (exact) mass is 302 g/mol. The van der Waals surface area contributed by atoms with Crippen LogP contribution in [0.1, 0.15) is 72.1 Å². The van der Waals surface area contributed by atoms with Crippen LogP contribution >= 0.6 is 0 Å². The lowest BCUT2D eigenvalue weighted by atomic mass is 9.44. The summed E-state index contributed by atoms with van der Waals surface area (Å²) in [5.74, 6) is 4.14. The van der Waals surface area contributed by atoms with Gasteiger partial charge < -0.3 is 5.11 Å². The van der Waals surface area contributed by atoms with E-state index in [1.807, 2.05) is 0 Å². The largest absolute Gasteiger partial charge is 0.392 e. The molecule has 0 bridgehead atoms. The lowest BCUT2D eigenvalue weighted by Crippen LogP contribution is -2.57. The summed E-state index contributed by atoms with van der Waals surface area (Å²) in [7, 11) is 0. The molecule has 0 spiro atoms. The van der Waals surface area contributed by atoms with Crippen LogP contribution in [0.3, 0.4) is 0 Å². The molecular formula is C21H34O. The van der Waals surface area contributed by atoms with Gasteiger partial charge in [-0.15, -0.1) is 0 Å². The minimum Gasteiger partial charge on any atom is -0.392 e. The zero-order valence-electron chi connectivity index (χ0n) is 14.8. The fraction of sp³-hybridized carbons (Fsp3) is 0.905. The van der Waals surface area contributed by atoms with Crippen LogP contribution in [0.5, 0.6) is 0 Å². The highest BCUT2D eigenvalue weighted by Crippen LogP contribution is 2.67. The third kappa shape index (κ3) is 1.81. The van der Waals surface area contributed by atoms with Crippen molar-refractivity contribution in [1.29, 1.82) is 0 Å². The molecule has 1 N–H and O–H groups in total. The van der Waals surface area contributed by atoms with Gasteiger partial charge >= 0.3 is 0 Å². The molecule has 1 heteroatoms. The Morgan fingerprint density at radius 2 is 1.82 bits per heavy atom. The van der Waals surface area contributed by atoms with Gasteiger partial charge in [-0.25, -0.2) is 0 Å². The van der Waals surface area contributed by atoms with E-state index in [9.17, 15) is 5.11 Å². The average molecular weight is 303 g/mol. The summed E-state index contributed by atoms with van der Waals surface area (Å²) in [6.45, 7) is 11.7. The Kier molecular flexibility index (Phi) is 3.36. The molecule has 0 aromatic rings. The fourth-order valence-corrected chi connectivity index (χ4v) is 7.37. The predicted octanol–water partition coefficient (Wildman–Crippen LogP) is 5.19. The van der Waals surface area contributed by atoms with E-state index in [0.29, 0.717) is 11.3 Å². The second-order valence-electron chi connectivity index (χ2n) is 9.71. The number of hydrogen-bond donors (Lipinski definition) is 1. The Morgan fingerprint density at radius 1 is 1.05 bits per heavy atom. The Morgan fingerprint density at radius 3 is 2.59 bits per heavy atom. The normalized spacial score (nSPS) is 57.9. The van der Waals surface area contributed by atoms with Crippen LogP contribution in [-0.2, 0) is 0 Å². The lowest BCUT2D eigenvalue weighted by Gasteiger charge is -2.61. The zero-order chi connectivity index (χ0) is 15.7. The van der Waals surface area contributed by atoms with E-state index in [1.54, 1.807) is 0 Å². The molecule has 2 unspecified atom stereocenters. The SMILES string of the molecule is C=C1CC[C@H]2[C@@H]3CC[C@@H]4C[C@H](C)CC[C@]4(C)C3CC(O)[C@]12C. The maximum atomic E-state index is 11.0. The van der Waals surface area contributed by atoms with Crippen LogP contribution in [0.25, 0.3) is 0 Å². The van der Waals surface area contributed by atoms with E-state index in [1.165, 1.54) is 44.1 Å². The molecule has 0 aromatic heterocycles. The van der Waals surface area contributed by atoms with Crippen LogP contribution in [0.2, 0.25) is 0 Å². The predicted molar refractivity (Wildman–Crippen MR) is 91.4 cm³/mol. The van der Waals surface area contributed by atoms with Gasteiger partial charge in [0.05, 0.1) is 6.10 Å². The molecule has 0 saturated heterocycles. The van der Waals surface area contributed by atoms with Crippen molar-refractivity contribution in [3.8, 4) is 0 Å². The molecule has 4 saturated carbocycles. The quantitative estimate of drug-likeness (QED) is 0.610. The second kappa shape index (κ2) is 4.85. The van der Waals surface area contributed by atoms with Gasteiger partial charge in [-0.05, 0) is 80.0 Å². The summed E-state index contributed by atoms with van der Waals surface area (Å²) in [5, 5.41) is 11.0. The van der Waals surface area contributed by atoms with Crippen molar-refractivity contribution in [2.75, 3.05) is 0 Å². The van der Waals surface area contributed by atoms with Crippen LogP contribution < -0.4 is 0 Å². The van der Waals surface area contributed by atoms with E-state index in [0.717, 1.165) is 36.5 Å². The molecule has 0 aliphatic heterocycles. The Labute approximate surface area is 136 Å². The van der Waals surface area contributed by atoms with E-state index in [-0.39, 0.29) is 11.5 Å². The first-order valence-corrected chi connectivity index (χ1v) is 9.73. The average Bonchev–Trinajstić information content (AvgIpc) is 2.79. The highest BCUT2D eigenvalue weighted by atomic mass is 16.3. The molecule has 0 amide bonds. The van der Waals surface area contributed by atoms with E-state index in [2.05, 4.69) is 27.4 Å². The van der Waals surface area contributed by atoms with Crippen LogP contribution in [-0.4, -0.2) is 11.2 Å². The van der Waals surface area contributed by atoms with Crippen molar-refractivity contribution in [2.24, 2.45) is 40.4 Å². The smallest absolute Gasteiger partial charge is 0.0636 e. The molecule has 4 fully saturated rings. The minimum absolute atomic E-state index is 0.0202. The minimum atomic E-state index is -0.149.